The average molecular weight is 304 g/mol. The van der Waals surface area contributed by atoms with Crippen molar-refractivity contribution < 1.29 is 46.5 Å². The van der Waals surface area contributed by atoms with Crippen molar-refractivity contribution in [3.8, 4) is 0 Å². The molecule has 0 fully saturated rings. The van der Waals surface area contributed by atoms with Crippen molar-refractivity contribution in [2.75, 3.05) is 0 Å². The van der Waals surface area contributed by atoms with E-state index in [0.29, 0.717) is 0 Å². The molecule has 17 heavy (non-hydrogen) atoms. The maximum absolute atomic E-state index is 3.10. The molecule has 0 unspecified atom stereocenters. The van der Waals surface area contributed by atoms with Gasteiger partial charge in [-0.05, 0) is 0 Å². The largest absolute Gasteiger partial charge is 4.00 e. The van der Waals surface area contributed by atoms with Crippen LogP contribution >= 0.6 is 0 Å². The molecule has 1 aromatic rings. The first-order valence-corrected chi connectivity index (χ1v) is 4.65. The fraction of sp³-hybridized carbons (Fsp3) is 0.231. The maximum atomic E-state index is 3.10. The van der Waals surface area contributed by atoms with Gasteiger partial charge in [0, 0.05) is 0 Å². The van der Waals surface area contributed by atoms with Crippen LogP contribution in [0.3, 0.4) is 0 Å². The van der Waals surface area contributed by atoms with E-state index in [-0.39, 0.29) is 46.5 Å². The van der Waals surface area contributed by atoms with Crippen LogP contribution in [0.25, 0.3) is 0 Å². The topological polar surface area (TPSA) is 15.8 Å². The molecule has 0 spiro atoms. The Bertz CT molecular complexity index is 347. The van der Waals surface area contributed by atoms with Gasteiger partial charge in [-0.1, -0.05) is 20.8 Å². The van der Waals surface area contributed by atoms with Crippen LogP contribution in [0.15, 0.2) is 41.6 Å². The van der Waals surface area contributed by atoms with Gasteiger partial charge in [0.05, 0.1) is 0 Å². The van der Waals surface area contributed by atoms with Gasteiger partial charge in [-0.2, -0.15) is 41.6 Å². The minimum atomic E-state index is 0. The van der Waals surface area contributed by atoms with E-state index in [1.165, 1.54) is 11.1 Å². The maximum Gasteiger partial charge on any atom is 4.00 e. The summed E-state index contributed by atoms with van der Waals surface area (Å²) >= 11 is 0. The van der Waals surface area contributed by atoms with E-state index in [2.05, 4.69) is 37.2 Å². The van der Waals surface area contributed by atoms with E-state index in [1.807, 2.05) is 31.3 Å². The number of rotatable bonds is 0. The second kappa shape index (κ2) is 12.3. The molecule has 4 heteroatoms. The molecule has 0 radical (unpaired) electrons. The smallest absolute Gasteiger partial charge is 1.00 e. The van der Waals surface area contributed by atoms with Gasteiger partial charge in [0.1, 0.15) is 0 Å². The minimum Gasteiger partial charge on any atom is -1.00 e. The SMILES string of the molecule is CC(C)=C1[C-]=CC=C1.Cc1[c-][nH]cc1.[Cl-].[Cl-].[Ti+4]. The number of aromatic nitrogens is 1. The molecule has 1 aliphatic rings. The van der Waals surface area contributed by atoms with E-state index < -0.39 is 0 Å². The summed E-state index contributed by atoms with van der Waals surface area (Å²) in [6.07, 6.45) is 13.8. The summed E-state index contributed by atoms with van der Waals surface area (Å²) in [4.78, 5) is 2.80. The van der Waals surface area contributed by atoms with Gasteiger partial charge in [0.15, 0.2) is 0 Å². The minimum absolute atomic E-state index is 0. The Balaban J connectivity index is -0.000000201. The zero-order chi connectivity index (χ0) is 10.4. The predicted molar refractivity (Wildman–Crippen MR) is 59.7 cm³/mol. The molecule has 1 aliphatic carbocycles. The van der Waals surface area contributed by atoms with Gasteiger partial charge < -0.3 is 29.8 Å². The van der Waals surface area contributed by atoms with Crippen LogP contribution in [0, 0.1) is 19.2 Å². The third-order valence-electron chi connectivity index (χ3n) is 1.82. The van der Waals surface area contributed by atoms with Gasteiger partial charge >= 0.3 is 21.7 Å². The van der Waals surface area contributed by atoms with Crippen LogP contribution in [0.5, 0.6) is 0 Å². The summed E-state index contributed by atoms with van der Waals surface area (Å²) in [5, 5.41) is 0. The molecule has 2 rings (SSSR count). The van der Waals surface area contributed by atoms with Crippen molar-refractivity contribution in [3.05, 3.63) is 59.5 Å². The number of nitrogens with one attached hydrogen (secondary N) is 1. The molecule has 90 valence electrons. The molecular formula is C13H15Cl2NTi. The summed E-state index contributed by atoms with van der Waals surface area (Å²) in [7, 11) is 0. The van der Waals surface area contributed by atoms with Gasteiger partial charge in [-0.15, -0.1) is 17.8 Å². The first-order chi connectivity index (χ1) is 6.70. The van der Waals surface area contributed by atoms with Crippen LogP contribution < -0.4 is 24.8 Å². The van der Waals surface area contributed by atoms with Crippen molar-refractivity contribution in [1.29, 1.82) is 0 Å². The molecule has 0 bridgehead atoms. The summed E-state index contributed by atoms with van der Waals surface area (Å²) in [5.74, 6) is 0. The average Bonchev–Trinajstić information content (AvgIpc) is 2.75. The zero-order valence-corrected chi connectivity index (χ0v) is 13.2. The summed E-state index contributed by atoms with van der Waals surface area (Å²) < 4.78 is 0. The van der Waals surface area contributed by atoms with E-state index in [1.54, 1.807) is 0 Å². The number of hydrogen-bond donors (Lipinski definition) is 1. The van der Waals surface area contributed by atoms with Gasteiger partial charge in [0.2, 0.25) is 0 Å². The zero-order valence-electron chi connectivity index (χ0n) is 10.1. The van der Waals surface area contributed by atoms with Gasteiger partial charge in [-0.3, -0.25) is 0 Å². The molecule has 1 nitrogen and oxygen atoms in total. The summed E-state index contributed by atoms with van der Waals surface area (Å²) in [6.45, 7) is 6.17. The predicted octanol–water partition coefficient (Wildman–Crippen LogP) is -2.62. The molecule has 0 atom stereocenters. The Morgan fingerprint density at radius 1 is 1.24 bits per heavy atom. The number of hydrogen-bond acceptors (Lipinski definition) is 0. The normalized spacial score (nSPS) is 10.4. The van der Waals surface area contributed by atoms with Crippen LogP contribution in [0.1, 0.15) is 19.4 Å². The van der Waals surface area contributed by atoms with Crippen molar-refractivity contribution in [3.63, 3.8) is 0 Å². The van der Waals surface area contributed by atoms with E-state index in [0.717, 1.165) is 5.56 Å². The van der Waals surface area contributed by atoms with Crippen molar-refractivity contribution in [1.82, 2.24) is 4.98 Å². The van der Waals surface area contributed by atoms with Crippen LogP contribution in [0.2, 0.25) is 0 Å². The van der Waals surface area contributed by atoms with E-state index in [9.17, 15) is 0 Å². The Labute approximate surface area is 131 Å². The molecule has 0 saturated carbocycles. The Hall–Kier alpha value is -0.206. The second-order valence-corrected chi connectivity index (χ2v) is 3.37. The van der Waals surface area contributed by atoms with Crippen molar-refractivity contribution >= 4 is 0 Å². The van der Waals surface area contributed by atoms with Gasteiger partial charge in [-0.25, -0.2) is 0 Å². The number of halogens is 2. The second-order valence-electron chi connectivity index (χ2n) is 3.37. The molecule has 0 saturated heterocycles. The quantitative estimate of drug-likeness (QED) is 0.399. The molecular weight excluding hydrogens is 289 g/mol. The molecule has 0 aliphatic heterocycles. The fourth-order valence-corrected chi connectivity index (χ4v) is 1.01. The number of allylic oxidation sites excluding steroid dienone is 6. The molecule has 0 aromatic carbocycles. The number of aryl methyl sites for hydroxylation is 1. The Morgan fingerprint density at radius 2 is 1.88 bits per heavy atom. The first-order valence-electron chi connectivity index (χ1n) is 4.65. The molecule has 1 heterocycles. The van der Waals surface area contributed by atoms with Crippen molar-refractivity contribution in [2.24, 2.45) is 0 Å². The summed E-state index contributed by atoms with van der Waals surface area (Å²) in [6, 6.07) is 1.97. The Morgan fingerprint density at radius 3 is 2.06 bits per heavy atom. The Kier molecular flexibility index (Phi) is 15.9. The van der Waals surface area contributed by atoms with Crippen LogP contribution in [-0.4, -0.2) is 4.98 Å². The molecule has 0 amide bonds. The van der Waals surface area contributed by atoms with Gasteiger partial charge in [0.25, 0.3) is 0 Å². The fourth-order valence-electron chi connectivity index (χ4n) is 1.01. The van der Waals surface area contributed by atoms with Crippen LogP contribution in [-0.2, 0) is 21.7 Å². The van der Waals surface area contributed by atoms with Crippen LogP contribution in [0.4, 0.5) is 0 Å². The molecule has 1 N–H and O–H groups in total. The number of H-pyrrole nitrogens is 1. The monoisotopic (exact) mass is 303 g/mol. The third-order valence-corrected chi connectivity index (χ3v) is 1.82. The number of aromatic amines is 1. The third kappa shape index (κ3) is 9.49. The summed E-state index contributed by atoms with van der Waals surface area (Å²) in [5.41, 5.74) is 3.72. The van der Waals surface area contributed by atoms with E-state index in [4.69, 9.17) is 0 Å². The van der Waals surface area contributed by atoms with E-state index >= 15 is 0 Å². The molecule has 1 aromatic heterocycles. The standard InChI is InChI=1S/C8H9.C5H6N.2ClH.Ti/c1-7(2)8-5-3-4-6-8;1-5-2-3-6-4-5;;;/h3-5H,1-2H3;2-3,6H,1H3;2*1H;/q2*-1;;;+4/p-2. The first kappa shape index (κ1) is 22.0. The van der Waals surface area contributed by atoms with Crippen molar-refractivity contribution in [2.45, 2.75) is 20.8 Å².